The number of rotatable bonds is 5. The van der Waals surface area contributed by atoms with Gasteiger partial charge < -0.3 is 9.64 Å². The molecule has 1 heterocycles. The summed E-state index contributed by atoms with van der Waals surface area (Å²) in [6.07, 6.45) is -0.790. The van der Waals surface area contributed by atoms with Gasteiger partial charge in [-0.15, -0.1) is 0 Å². The van der Waals surface area contributed by atoms with Crippen LogP contribution in [0.15, 0.2) is 24.3 Å². The second-order valence-corrected chi connectivity index (χ2v) is 6.40. The van der Waals surface area contributed by atoms with Crippen molar-refractivity contribution in [2.75, 3.05) is 19.7 Å². The number of carbonyl (C=O) groups excluding carboxylic acids is 1. The molecule has 23 heavy (non-hydrogen) atoms. The van der Waals surface area contributed by atoms with Gasteiger partial charge >= 0.3 is 6.18 Å². The summed E-state index contributed by atoms with van der Waals surface area (Å²) in [7, 11) is 0. The lowest BCUT2D eigenvalue weighted by atomic mass is 10.1. The first-order chi connectivity index (χ1) is 10.9. The highest BCUT2D eigenvalue weighted by atomic mass is 19.4. The average Bonchev–Trinajstić information content (AvgIpc) is 3.21. The van der Waals surface area contributed by atoms with E-state index < -0.39 is 11.7 Å². The molecule has 0 aromatic heterocycles. The van der Waals surface area contributed by atoms with Gasteiger partial charge in [-0.05, 0) is 42.9 Å². The Morgan fingerprint density at radius 2 is 1.87 bits per heavy atom. The third-order valence-electron chi connectivity index (χ3n) is 4.40. The summed E-state index contributed by atoms with van der Waals surface area (Å²) < 4.78 is 43.3. The summed E-state index contributed by atoms with van der Waals surface area (Å²) in [6.45, 7) is 2.03. The quantitative estimate of drug-likeness (QED) is 0.831. The molecular formula is C17H20F3NO2. The molecule has 1 aromatic carbocycles. The minimum Gasteiger partial charge on any atom is -0.376 e. The SMILES string of the molecule is O=C(Cc1ccc(C(F)(F)F)cc1)N1CCC(OCC2CC2)C1. The van der Waals surface area contributed by atoms with E-state index >= 15 is 0 Å². The molecule has 2 aliphatic rings. The van der Waals surface area contributed by atoms with Crippen molar-refractivity contribution in [2.24, 2.45) is 5.92 Å². The second kappa shape index (κ2) is 6.51. The highest BCUT2D eigenvalue weighted by molar-refractivity contribution is 5.79. The summed E-state index contributed by atoms with van der Waals surface area (Å²) in [4.78, 5) is 14.0. The smallest absolute Gasteiger partial charge is 0.376 e. The fraction of sp³-hybridized carbons (Fsp3) is 0.588. The third kappa shape index (κ3) is 4.47. The summed E-state index contributed by atoms with van der Waals surface area (Å²) in [5.74, 6) is 0.647. The Balaban J connectivity index is 1.48. The predicted molar refractivity (Wildman–Crippen MR) is 78.8 cm³/mol. The van der Waals surface area contributed by atoms with Crippen molar-refractivity contribution in [3.8, 4) is 0 Å². The maximum atomic E-state index is 12.5. The number of amides is 1. The van der Waals surface area contributed by atoms with E-state index in [1.165, 1.54) is 25.0 Å². The highest BCUT2D eigenvalue weighted by Crippen LogP contribution is 2.30. The van der Waals surface area contributed by atoms with Gasteiger partial charge in [-0.25, -0.2) is 0 Å². The van der Waals surface area contributed by atoms with Gasteiger partial charge in [0.05, 0.1) is 18.1 Å². The van der Waals surface area contributed by atoms with Gasteiger partial charge in [0.2, 0.25) is 5.91 Å². The van der Waals surface area contributed by atoms with Crippen LogP contribution in [0.5, 0.6) is 0 Å². The molecule has 3 nitrogen and oxygen atoms in total. The van der Waals surface area contributed by atoms with Crippen molar-refractivity contribution in [1.82, 2.24) is 4.90 Å². The third-order valence-corrected chi connectivity index (χ3v) is 4.40. The number of nitrogens with zero attached hydrogens (tertiary/aromatic N) is 1. The number of halogens is 3. The van der Waals surface area contributed by atoms with Gasteiger partial charge in [-0.1, -0.05) is 12.1 Å². The van der Waals surface area contributed by atoms with E-state index in [1.54, 1.807) is 4.90 Å². The minimum atomic E-state index is -4.34. The van der Waals surface area contributed by atoms with Crippen LogP contribution >= 0.6 is 0 Å². The van der Waals surface area contributed by atoms with Crippen LogP contribution in [0.1, 0.15) is 30.4 Å². The van der Waals surface area contributed by atoms with Crippen LogP contribution in [-0.2, 0) is 22.1 Å². The van der Waals surface area contributed by atoms with Crippen LogP contribution in [-0.4, -0.2) is 36.6 Å². The zero-order valence-electron chi connectivity index (χ0n) is 12.8. The molecule has 1 saturated heterocycles. The van der Waals surface area contributed by atoms with E-state index in [4.69, 9.17) is 4.74 Å². The van der Waals surface area contributed by atoms with E-state index in [9.17, 15) is 18.0 Å². The number of hydrogen-bond acceptors (Lipinski definition) is 2. The molecule has 0 bridgehead atoms. The molecule has 1 atom stereocenters. The lowest BCUT2D eigenvalue weighted by molar-refractivity contribution is -0.137. The molecule has 0 N–H and O–H groups in total. The normalized spacial score (nSPS) is 21.7. The fourth-order valence-electron chi connectivity index (χ4n) is 2.75. The Hall–Kier alpha value is -1.56. The first-order valence-corrected chi connectivity index (χ1v) is 7.97. The number of alkyl halides is 3. The molecule has 1 aromatic rings. The molecule has 3 rings (SSSR count). The van der Waals surface area contributed by atoms with Gasteiger partial charge in [0, 0.05) is 19.7 Å². The number of ether oxygens (including phenoxy) is 1. The molecule has 2 fully saturated rings. The van der Waals surface area contributed by atoms with Gasteiger partial charge in [0.15, 0.2) is 0 Å². The topological polar surface area (TPSA) is 29.5 Å². The lowest BCUT2D eigenvalue weighted by Gasteiger charge is -2.17. The molecular weight excluding hydrogens is 307 g/mol. The molecule has 1 aliphatic carbocycles. The van der Waals surface area contributed by atoms with E-state index in [1.807, 2.05) is 0 Å². The summed E-state index contributed by atoms with van der Waals surface area (Å²) in [5.41, 5.74) is -0.0891. The lowest BCUT2D eigenvalue weighted by Crippen LogP contribution is -2.31. The number of carbonyl (C=O) groups is 1. The van der Waals surface area contributed by atoms with Gasteiger partial charge in [-0.2, -0.15) is 13.2 Å². The predicted octanol–water partition coefficient (Wildman–Crippen LogP) is 3.28. The monoisotopic (exact) mass is 327 g/mol. The summed E-state index contributed by atoms with van der Waals surface area (Å²) in [5, 5.41) is 0. The molecule has 0 spiro atoms. The largest absolute Gasteiger partial charge is 0.416 e. The van der Waals surface area contributed by atoms with Gasteiger partial charge in [-0.3, -0.25) is 4.79 Å². The molecule has 6 heteroatoms. The van der Waals surface area contributed by atoms with Crippen molar-refractivity contribution in [2.45, 2.75) is 38.0 Å². The van der Waals surface area contributed by atoms with Crippen LogP contribution < -0.4 is 0 Å². The van der Waals surface area contributed by atoms with Gasteiger partial charge in [0.25, 0.3) is 0 Å². The zero-order valence-corrected chi connectivity index (χ0v) is 12.8. The van der Waals surface area contributed by atoms with Crippen LogP contribution in [0, 0.1) is 5.92 Å². The minimum absolute atomic E-state index is 0.0534. The van der Waals surface area contributed by atoms with Crippen molar-refractivity contribution in [3.63, 3.8) is 0 Å². The first kappa shape index (κ1) is 16.3. The number of hydrogen-bond donors (Lipinski definition) is 0. The van der Waals surface area contributed by atoms with Crippen LogP contribution in [0.25, 0.3) is 0 Å². The average molecular weight is 327 g/mol. The molecule has 0 radical (unpaired) electrons. The number of benzene rings is 1. The standard InChI is InChI=1S/C17H20F3NO2/c18-17(19,20)14-5-3-12(4-6-14)9-16(22)21-8-7-15(10-21)23-11-13-1-2-13/h3-6,13,15H,1-2,7-11H2. The molecule has 1 aliphatic heterocycles. The zero-order chi connectivity index (χ0) is 16.4. The fourth-order valence-corrected chi connectivity index (χ4v) is 2.75. The molecule has 1 amide bonds. The van der Waals surface area contributed by atoms with Crippen molar-refractivity contribution in [3.05, 3.63) is 35.4 Å². The molecule has 1 unspecified atom stereocenters. The van der Waals surface area contributed by atoms with Crippen molar-refractivity contribution < 1.29 is 22.7 Å². The van der Waals surface area contributed by atoms with Crippen molar-refractivity contribution >= 4 is 5.91 Å². The molecule has 1 saturated carbocycles. The van der Waals surface area contributed by atoms with E-state index in [-0.39, 0.29) is 18.4 Å². The summed E-state index contributed by atoms with van der Waals surface area (Å²) >= 11 is 0. The Morgan fingerprint density at radius 1 is 1.17 bits per heavy atom. The van der Waals surface area contributed by atoms with Crippen LogP contribution in [0.2, 0.25) is 0 Å². The van der Waals surface area contributed by atoms with Crippen LogP contribution in [0.3, 0.4) is 0 Å². The van der Waals surface area contributed by atoms with Crippen LogP contribution in [0.4, 0.5) is 13.2 Å². The maximum Gasteiger partial charge on any atom is 0.416 e. The van der Waals surface area contributed by atoms with E-state index in [0.29, 0.717) is 24.6 Å². The Bertz CT molecular complexity index is 552. The van der Waals surface area contributed by atoms with Gasteiger partial charge in [0.1, 0.15) is 0 Å². The van der Waals surface area contributed by atoms with Crippen molar-refractivity contribution in [1.29, 1.82) is 0 Å². The van der Waals surface area contributed by atoms with E-state index in [2.05, 4.69) is 0 Å². The summed E-state index contributed by atoms with van der Waals surface area (Å²) in [6, 6.07) is 4.79. The first-order valence-electron chi connectivity index (χ1n) is 7.97. The van der Waals surface area contributed by atoms with E-state index in [0.717, 1.165) is 25.2 Å². The Morgan fingerprint density at radius 3 is 2.48 bits per heavy atom. The Labute approximate surface area is 133 Å². The Kier molecular flexibility index (Phi) is 4.62. The maximum absolute atomic E-state index is 12.5. The highest BCUT2D eigenvalue weighted by Gasteiger charge is 2.31. The second-order valence-electron chi connectivity index (χ2n) is 6.40. The molecule has 126 valence electrons. The number of likely N-dealkylation sites (tertiary alicyclic amines) is 1.